The van der Waals surface area contributed by atoms with Crippen molar-refractivity contribution in [3.63, 3.8) is 0 Å². The molecule has 0 saturated heterocycles. The third-order valence-corrected chi connectivity index (χ3v) is 4.68. The van der Waals surface area contributed by atoms with Gasteiger partial charge in [0.2, 0.25) is 0 Å². The minimum atomic E-state index is -0.00948. The first-order chi connectivity index (χ1) is 9.56. The Morgan fingerprint density at radius 1 is 1.45 bits per heavy atom. The average Bonchev–Trinajstić information content (AvgIpc) is 2.81. The molecule has 108 valence electrons. The van der Waals surface area contributed by atoms with Crippen LogP contribution >= 0.6 is 11.3 Å². The molecule has 1 aromatic heterocycles. The van der Waals surface area contributed by atoms with Crippen LogP contribution in [0.25, 0.3) is 10.1 Å². The molecule has 0 bridgehead atoms. The van der Waals surface area contributed by atoms with Gasteiger partial charge in [0.1, 0.15) is 5.75 Å². The maximum absolute atomic E-state index is 12.3. The van der Waals surface area contributed by atoms with E-state index < -0.39 is 0 Å². The van der Waals surface area contributed by atoms with Crippen molar-refractivity contribution in [2.75, 3.05) is 20.7 Å². The van der Waals surface area contributed by atoms with E-state index in [1.807, 2.05) is 39.1 Å². The van der Waals surface area contributed by atoms with Gasteiger partial charge in [-0.3, -0.25) is 4.79 Å². The lowest BCUT2D eigenvalue weighted by Gasteiger charge is -2.10. The topological polar surface area (TPSA) is 50.4 Å². The van der Waals surface area contributed by atoms with Crippen molar-refractivity contribution in [1.29, 1.82) is 0 Å². The Kier molecular flexibility index (Phi) is 4.62. The number of hydrogen-bond donors (Lipinski definition) is 2. The molecule has 2 N–H and O–H groups in total. The van der Waals surface area contributed by atoms with Crippen LogP contribution < -0.4 is 15.4 Å². The van der Waals surface area contributed by atoms with Crippen LogP contribution in [0.2, 0.25) is 0 Å². The van der Waals surface area contributed by atoms with E-state index in [1.165, 1.54) is 11.3 Å². The molecule has 1 unspecified atom stereocenters. The van der Waals surface area contributed by atoms with Gasteiger partial charge in [-0.15, -0.1) is 11.3 Å². The molecule has 1 aromatic carbocycles. The van der Waals surface area contributed by atoms with Crippen molar-refractivity contribution in [3.05, 3.63) is 28.6 Å². The fourth-order valence-electron chi connectivity index (χ4n) is 1.97. The van der Waals surface area contributed by atoms with E-state index in [1.54, 1.807) is 7.11 Å². The second-order valence-electron chi connectivity index (χ2n) is 4.82. The summed E-state index contributed by atoms with van der Waals surface area (Å²) in [5, 5.41) is 7.14. The highest BCUT2D eigenvalue weighted by molar-refractivity contribution is 7.21. The van der Waals surface area contributed by atoms with Gasteiger partial charge in [-0.25, -0.2) is 0 Å². The standard InChI is InChI=1S/C15H20N2O2S/c1-9(16-3)8-17-15(18)14-10(2)12-7-11(19-4)5-6-13(12)20-14/h5-7,9,16H,8H2,1-4H3,(H,17,18). The SMILES string of the molecule is CNC(C)CNC(=O)c1sc2ccc(OC)cc2c1C. The molecule has 1 atom stereocenters. The van der Waals surface area contributed by atoms with Gasteiger partial charge in [-0.2, -0.15) is 0 Å². The summed E-state index contributed by atoms with van der Waals surface area (Å²) in [7, 11) is 3.53. The molecule has 1 amide bonds. The van der Waals surface area contributed by atoms with E-state index in [-0.39, 0.29) is 11.9 Å². The Labute approximate surface area is 123 Å². The van der Waals surface area contributed by atoms with Crippen LogP contribution in [0.1, 0.15) is 22.2 Å². The van der Waals surface area contributed by atoms with Crippen molar-refractivity contribution < 1.29 is 9.53 Å². The molecule has 0 aliphatic rings. The lowest BCUT2D eigenvalue weighted by Crippen LogP contribution is -2.37. The molecule has 5 heteroatoms. The van der Waals surface area contributed by atoms with Crippen LogP contribution in [0.3, 0.4) is 0 Å². The molecule has 0 aliphatic carbocycles. The molecule has 0 saturated carbocycles. The highest BCUT2D eigenvalue weighted by Crippen LogP contribution is 2.33. The highest BCUT2D eigenvalue weighted by atomic mass is 32.1. The van der Waals surface area contributed by atoms with Crippen LogP contribution in [0.4, 0.5) is 0 Å². The number of amides is 1. The van der Waals surface area contributed by atoms with Gasteiger partial charge in [0.25, 0.3) is 5.91 Å². The van der Waals surface area contributed by atoms with E-state index in [0.717, 1.165) is 26.3 Å². The number of hydrogen-bond acceptors (Lipinski definition) is 4. The number of likely N-dealkylation sites (N-methyl/N-ethyl adjacent to an activating group) is 1. The summed E-state index contributed by atoms with van der Waals surface area (Å²) < 4.78 is 6.34. The lowest BCUT2D eigenvalue weighted by molar-refractivity contribution is 0.0954. The van der Waals surface area contributed by atoms with E-state index >= 15 is 0 Å². The fraction of sp³-hybridized carbons (Fsp3) is 0.400. The summed E-state index contributed by atoms with van der Waals surface area (Å²) >= 11 is 1.52. The maximum atomic E-state index is 12.3. The molecular formula is C15H20N2O2S. The van der Waals surface area contributed by atoms with Gasteiger partial charge in [-0.05, 0) is 50.0 Å². The number of methoxy groups -OCH3 is 1. The second-order valence-corrected chi connectivity index (χ2v) is 5.87. The number of rotatable bonds is 5. The predicted molar refractivity (Wildman–Crippen MR) is 84.0 cm³/mol. The van der Waals surface area contributed by atoms with E-state index in [9.17, 15) is 4.79 Å². The lowest BCUT2D eigenvalue weighted by atomic mass is 10.1. The Balaban J connectivity index is 2.26. The fourth-order valence-corrected chi connectivity index (χ4v) is 3.08. The van der Waals surface area contributed by atoms with Gasteiger partial charge < -0.3 is 15.4 Å². The number of thiophene rings is 1. The van der Waals surface area contributed by atoms with Gasteiger partial charge >= 0.3 is 0 Å². The number of aryl methyl sites for hydroxylation is 1. The monoisotopic (exact) mass is 292 g/mol. The highest BCUT2D eigenvalue weighted by Gasteiger charge is 2.16. The smallest absolute Gasteiger partial charge is 0.261 e. The van der Waals surface area contributed by atoms with Crippen LogP contribution in [0.5, 0.6) is 5.75 Å². The molecule has 2 aromatic rings. The van der Waals surface area contributed by atoms with Crippen LogP contribution in [0.15, 0.2) is 18.2 Å². The molecule has 1 heterocycles. The number of fused-ring (bicyclic) bond motifs is 1. The summed E-state index contributed by atoms with van der Waals surface area (Å²) in [4.78, 5) is 13.0. The van der Waals surface area contributed by atoms with Gasteiger partial charge in [-0.1, -0.05) is 0 Å². The Morgan fingerprint density at radius 3 is 2.85 bits per heavy atom. The number of carbonyl (C=O) groups is 1. The Hall–Kier alpha value is -1.59. The second kappa shape index (κ2) is 6.24. The molecule has 4 nitrogen and oxygen atoms in total. The molecular weight excluding hydrogens is 272 g/mol. The maximum Gasteiger partial charge on any atom is 0.261 e. The van der Waals surface area contributed by atoms with Gasteiger partial charge in [0.15, 0.2) is 0 Å². The minimum Gasteiger partial charge on any atom is -0.497 e. The zero-order valence-electron chi connectivity index (χ0n) is 12.2. The summed E-state index contributed by atoms with van der Waals surface area (Å²) in [6.07, 6.45) is 0. The molecule has 0 aliphatic heterocycles. The van der Waals surface area contributed by atoms with Crippen LogP contribution in [0, 0.1) is 6.92 Å². The van der Waals surface area contributed by atoms with Gasteiger partial charge in [0, 0.05) is 17.3 Å². The Bertz CT molecular complexity index is 622. The first kappa shape index (κ1) is 14.8. The van der Waals surface area contributed by atoms with Gasteiger partial charge in [0.05, 0.1) is 12.0 Å². The van der Waals surface area contributed by atoms with E-state index in [4.69, 9.17) is 4.74 Å². The third-order valence-electron chi connectivity index (χ3n) is 3.41. The normalized spacial score (nSPS) is 12.4. The first-order valence-electron chi connectivity index (χ1n) is 6.59. The van der Waals surface area contributed by atoms with Crippen LogP contribution in [-0.4, -0.2) is 32.7 Å². The molecule has 0 radical (unpaired) electrons. The first-order valence-corrected chi connectivity index (χ1v) is 7.41. The molecule has 2 rings (SSSR count). The van der Waals surface area contributed by atoms with Crippen molar-refractivity contribution in [2.45, 2.75) is 19.9 Å². The zero-order chi connectivity index (χ0) is 14.7. The predicted octanol–water partition coefficient (Wildman–Crippen LogP) is 2.56. The molecule has 0 fully saturated rings. The number of carbonyl (C=O) groups excluding carboxylic acids is 1. The average molecular weight is 292 g/mol. The van der Waals surface area contributed by atoms with Crippen molar-refractivity contribution >= 4 is 27.3 Å². The van der Waals surface area contributed by atoms with Crippen molar-refractivity contribution in [1.82, 2.24) is 10.6 Å². The summed E-state index contributed by atoms with van der Waals surface area (Å²) in [6, 6.07) is 6.16. The van der Waals surface area contributed by atoms with E-state index in [0.29, 0.717) is 6.54 Å². The zero-order valence-corrected chi connectivity index (χ0v) is 13.1. The number of nitrogens with one attached hydrogen (secondary N) is 2. The van der Waals surface area contributed by atoms with Crippen molar-refractivity contribution in [3.8, 4) is 5.75 Å². The van der Waals surface area contributed by atoms with Crippen molar-refractivity contribution in [2.24, 2.45) is 0 Å². The Morgan fingerprint density at radius 2 is 2.20 bits per heavy atom. The molecule has 20 heavy (non-hydrogen) atoms. The quantitative estimate of drug-likeness (QED) is 0.890. The number of ether oxygens (including phenoxy) is 1. The third kappa shape index (κ3) is 2.94. The van der Waals surface area contributed by atoms with E-state index in [2.05, 4.69) is 10.6 Å². The minimum absolute atomic E-state index is 0.00948. The summed E-state index contributed by atoms with van der Waals surface area (Å²) in [5.74, 6) is 0.805. The summed E-state index contributed by atoms with van der Waals surface area (Å²) in [6.45, 7) is 4.63. The summed E-state index contributed by atoms with van der Waals surface area (Å²) in [5.41, 5.74) is 1.01. The van der Waals surface area contributed by atoms with Crippen LogP contribution in [-0.2, 0) is 0 Å². The number of benzene rings is 1. The largest absolute Gasteiger partial charge is 0.497 e. The molecule has 0 spiro atoms.